The summed E-state index contributed by atoms with van der Waals surface area (Å²) >= 11 is 0. The Morgan fingerprint density at radius 2 is 2.05 bits per heavy atom. The first-order valence-electron chi connectivity index (χ1n) is 8.41. The van der Waals surface area contributed by atoms with Crippen LogP contribution in [-0.2, 0) is 4.79 Å². The van der Waals surface area contributed by atoms with Crippen molar-refractivity contribution in [3.8, 4) is 0 Å². The lowest BCUT2D eigenvalue weighted by Gasteiger charge is -2.36. The molecule has 1 saturated carbocycles. The fourth-order valence-corrected chi connectivity index (χ4v) is 3.34. The smallest absolute Gasteiger partial charge is 0.241 e. The molecule has 1 aromatic rings. The summed E-state index contributed by atoms with van der Waals surface area (Å²) in [7, 11) is 2.09. The van der Waals surface area contributed by atoms with Crippen LogP contribution in [-0.4, -0.2) is 29.9 Å². The summed E-state index contributed by atoms with van der Waals surface area (Å²) in [6.07, 6.45) is 7.12. The standard InChI is InChI=1S/C18H29N3O/c1-4-17(21(3)15-8-6-5-7-9-15)18(22)20-14-11-10-13(2)16(19)12-14/h10-12,15,17H,4-9,19H2,1-3H3,(H,20,22). The molecule has 0 aliphatic heterocycles. The third kappa shape index (κ3) is 4.01. The highest BCUT2D eigenvalue weighted by Crippen LogP contribution is 2.24. The zero-order valence-corrected chi connectivity index (χ0v) is 14.1. The predicted octanol–water partition coefficient (Wildman–Crippen LogP) is 3.56. The van der Waals surface area contributed by atoms with Gasteiger partial charge in [0.2, 0.25) is 5.91 Å². The minimum Gasteiger partial charge on any atom is -0.398 e. The molecule has 0 heterocycles. The number of nitrogens with two attached hydrogens (primary N) is 1. The number of aryl methyl sites for hydroxylation is 1. The molecule has 22 heavy (non-hydrogen) atoms. The highest BCUT2D eigenvalue weighted by atomic mass is 16.2. The molecule has 1 atom stereocenters. The van der Waals surface area contributed by atoms with Crippen LogP contribution >= 0.6 is 0 Å². The van der Waals surface area contributed by atoms with Gasteiger partial charge in [0.25, 0.3) is 0 Å². The fourth-order valence-electron chi connectivity index (χ4n) is 3.34. The van der Waals surface area contributed by atoms with Gasteiger partial charge in [0.1, 0.15) is 0 Å². The van der Waals surface area contributed by atoms with Crippen LogP contribution in [0.15, 0.2) is 18.2 Å². The van der Waals surface area contributed by atoms with Crippen LogP contribution in [0.5, 0.6) is 0 Å². The summed E-state index contributed by atoms with van der Waals surface area (Å²) in [4.78, 5) is 14.9. The molecule has 1 amide bonds. The average molecular weight is 303 g/mol. The molecule has 2 rings (SSSR count). The first kappa shape index (κ1) is 16.8. The first-order valence-corrected chi connectivity index (χ1v) is 8.41. The molecule has 1 unspecified atom stereocenters. The number of anilines is 2. The summed E-state index contributed by atoms with van der Waals surface area (Å²) in [5.41, 5.74) is 8.45. The maximum atomic E-state index is 12.6. The predicted molar refractivity (Wildman–Crippen MR) is 92.9 cm³/mol. The molecule has 1 aliphatic rings. The van der Waals surface area contributed by atoms with E-state index in [1.807, 2.05) is 25.1 Å². The Balaban J connectivity index is 2.02. The van der Waals surface area contributed by atoms with Crippen molar-refractivity contribution in [2.45, 2.75) is 64.5 Å². The highest BCUT2D eigenvalue weighted by Gasteiger charge is 2.28. The molecule has 4 nitrogen and oxygen atoms in total. The third-order valence-electron chi connectivity index (χ3n) is 4.88. The number of carbonyl (C=O) groups is 1. The number of rotatable bonds is 5. The monoisotopic (exact) mass is 303 g/mol. The Kier molecular flexibility index (Phi) is 5.83. The molecule has 0 saturated heterocycles. The van der Waals surface area contributed by atoms with Gasteiger partial charge in [0, 0.05) is 17.4 Å². The van der Waals surface area contributed by atoms with Crippen molar-refractivity contribution in [2.75, 3.05) is 18.1 Å². The Morgan fingerprint density at radius 3 is 2.64 bits per heavy atom. The maximum Gasteiger partial charge on any atom is 0.241 e. The second-order valence-electron chi connectivity index (χ2n) is 6.44. The quantitative estimate of drug-likeness (QED) is 0.818. The normalized spacial score (nSPS) is 17.5. The van der Waals surface area contributed by atoms with Gasteiger partial charge < -0.3 is 11.1 Å². The number of nitrogens with zero attached hydrogens (tertiary/aromatic N) is 1. The van der Waals surface area contributed by atoms with Crippen molar-refractivity contribution < 1.29 is 4.79 Å². The van der Waals surface area contributed by atoms with E-state index in [1.54, 1.807) is 0 Å². The van der Waals surface area contributed by atoms with E-state index in [1.165, 1.54) is 32.1 Å². The van der Waals surface area contributed by atoms with Gasteiger partial charge >= 0.3 is 0 Å². The molecule has 1 fully saturated rings. The lowest BCUT2D eigenvalue weighted by molar-refractivity contribution is -0.122. The number of nitrogens with one attached hydrogen (secondary N) is 1. The molecule has 0 aromatic heterocycles. The van der Waals surface area contributed by atoms with E-state index in [0.717, 1.165) is 17.7 Å². The molecule has 0 bridgehead atoms. The highest BCUT2D eigenvalue weighted by molar-refractivity contribution is 5.95. The third-order valence-corrected chi connectivity index (χ3v) is 4.88. The summed E-state index contributed by atoms with van der Waals surface area (Å²) in [5.74, 6) is 0.0684. The fraction of sp³-hybridized carbons (Fsp3) is 0.611. The van der Waals surface area contributed by atoms with E-state index >= 15 is 0 Å². The van der Waals surface area contributed by atoms with E-state index in [9.17, 15) is 4.79 Å². The molecule has 122 valence electrons. The van der Waals surface area contributed by atoms with E-state index in [2.05, 4.69) is 24.2 Å². The van der Waals surface area contributed by atoms with Crippen molar-refractivity contribution in [3.63, 3.8) is 0 Å². The molecule has 4 heteroatoms. The number of nitrogen functional groups attached to an aromatic ring is 1. The van der Waals surface area contributed by atoms with Crippen molar-refractivity contribution in [2.24, 2.45) is 0 Å². The minimum absolute atomic E-state index is 0.0684. The number of carbonyl (C=O) groups excluding carboxylic acids is 1. The summed E-state index contributed by atoms with van der Waals surface area (Å²) in [6, 6.07) is 6.15. The molecular weight excluding hydrogens is 274 g/mol. The van der Waals surface area contributed by atoms with Crippen LogP contribution in [0, 0.1) is 6.92 Å². The van der Waals surface area contributed by atoms with Crippen molar-refractivity contribution >= 4 is 17.3 Å². The van der Waals surface area contributed by atoms with Gasteiger partial charge in [-0.25, -0.2) is 0 Å². The SMILES string of the molecule is CCC(C(=O)Nc1ccc(C)c(N)c1)N(C)C1CCCCC1. The van der Waals surface area contributed by atoms with E-state index in [-0.39, 0.29) is 11.9 Å². The summed E-state index contributed by atoms with van der Waals surface area (Å²) in [5, 5.41) is 3.02. The lowest BCUT2D eigenvalue weighted by atomic mass is 9.93. The van der Waals surface area contributed by atoms with E-state index in [4.69, 9.17) is 5.73 Å². The Hall–Kier alpha value is -1.55. The van der Waals surface area contributed by atoms with Crippen molar-refractivity contribution in [1.82, 2.24) is 4.90 Å². The summed E-state index contributed by atoms with van der Waals surface area (Å²) in [6.45, 7) is 4.04. The number of benzene rings is 1. The van der Waals surface area contributed by atoms with Gasteiger partial charge in [0.15, 0.2) is 0 Å². The largest absolute Gasteiger partial charge is 0.398 e. The van der Waals surface area contributed by atoms with Crippen molar-refractivity contribution in [3.05, 3.63) is 23.8 Å². The maximum absolute atomic E-state index is 12.6. The zero-order valence-electron chi connectivity index (χ0n) is 14.1. The number of hydrogen-bond donors (Lipinski definition) is 2. The van der Waals surface area contributed by atoms with Gasteiger partial charge in [-0.15, -0.1) is 0 Å². The number of amides is 1. The van der Waals surface area contributed by atoms with E-state index in [0.29, 0.717) is 11.7 Å². The number of likely N-dealkylation sites (N-methyl/N-ethyl adjacent to an activating group) is 1. The molecular formula is C18H29N3O. The van der Waals surface area contributed by atoms with Gasteiger partial charge in [0.05, 0.1) is 6.04 Å². The molecule has 0 radical (unpaired) electrons. The molecule has 1 aliphatic carbocycles. The molecule has 3 N–H and O–H groups in total. The van der Waals surface area contributed by atoms with Gasteiger partial charge in [-0.05, 0) is 50.9 Å². The van der Waals surface area contributed by atoms with E-state index < -0.39 is 0 Å². The second-order valence-corrected chi connectivity index (χ2v) is 6.44. The van der Waals surface area contributed by atoms with Crippen LogP contribution in [0.25, 0.3) is 0 Å². The van der Waals surface area contributed by atoms with Crippen LogP contribution in [0.1, 0.15) is 51.0 Å². The number of hydrogen-bond acceptors (Lipinski definition) is 3. The van der Waals surface area contributed by atoms with Crippen LogP contribution in [0.4, 0.5) is 11.4 Å². The summed E-state index contributed by atoms with van der Waals surface area (Å²) < 4.78 is 0. The van der Waals surface area contributed by atoms with Crippen LogP contribution < -0.4 is 11.1 Å². The first-order chi connectivity index (χ1) is 10.5. The Labute approximate surface area is 134 Å². The lowest BCUT2D eigenvalue weighted by Crippen LogP contribution is -2.47. The second kappa shape index (κ2) is 7.63. The van der Waals surface area contributed by atoms with Gasteiger partial charge in [-0.3, -0.25) is 9.69 Å². The topological polar surface area (TPSA) is 58.4 Å². The minimum atomic E-state index is -0.0781. The van der Waals surface area contributed by atoms with Crippen molar-refractivity contribution in [1.29, 1.82) is 0 Å². The average Bonchev–Trinajstić information content (AvgIpc) is 2.52. The molecule has 1 aromatic carbocycles. The van der Waals surface area contributed by atoms with Gasteiger partial charge in [-0.1, -0.05) is 32.3 Å². The van der Waals surface area contributed by atoms with Crippen LogP contribution in [0.3, 0.4) is 0 Å². The zero-order chi connectivity index (χ0) is 16.1. The van der Waals surface area contributed by atoms with Gasteiger partial charge in [-0.2, -0.15) is 0 Å². The molecule has 0 spiro atoms. The Morgan fingerprint density at radius 1 is 1.36 bits per heavy atom. The Bertz CT molecular complexity index is 509. The van der Waals surface area contributed by atoms with Crippen LogP contribution in [0.2, 0.25) is 0 Å².